The van der Waals surface area contributed by atoms with Crippen LogP contribution in [0.4, 0.5) is 0 Å². The molecule has 2 aromatic heterocycles. The van der Waals surface area contributed by atoms with Crippen molar-refractivity contribution in [3.05, 3.63) is 29.1 Å². The summed E-state index contributed by atoms with van der Waals surface area (Å²) in [7, 11) is 0. The summed E-state index contributed by atoms with van der Waals surface area (Å²) in [6.07, 6.45) is 3.83. The zero-order valence-corrected chi connectivity index (χ0v) is 11.8. The Morgan fingerprint density at radius 1 is 1.50 bits per heavy atom. The minimum absolute atomic E-state index is 0.320. The number of fused-ring (bicyclic) bond motifs is 1. The second-order valence-corrected chi connectivity index (χ2v) is 4.88. The number of carbonyl (C=O) groups excluding carboxylic acids is 1. The van der Waals surface area contributed by atoms with Crippen molar-refractivity contribution in [1.29, 1.82) is 0 Å². The largest absolute Gasteiger partial charge is 0.461 e. The first kappa shape index (κ1) is 13.0. The molecule has 0 aliphatic carbocycles. The summed E-state index contributed by atoms with van der Waals surface area (Å²) in [5.41, 5.74) is 3.48. The molecule has 2 rings (SSSR count). The highest BCUT2D eigenvalue weighted by Gasteiger charge is 2.20. The topological polar surface area (TPSA) is 43.6 Å². The molecule has 4 nitrogen and oxygen atoms in total. The lowest BCUT2D eigenvalue weighted by molar-refractivity contribution is 0.0513. The Morgan fingerprint density at radius 2 is 2.22 bits per heavy atom. The number of nitrogens with zero attached hydrogens (tertiary/aromatic N) is 2. The minimum atomic E-state index is -0.320. The van der Waals surface area contributed by atoms with Gasteiger partial charge in [-0.25, -0.2) is 9.78 Å². The molecule has 0 bridgehead atoms. The molecular formula is C13H16N2O2S. The number of carbonyl (C=O) groups is 1. The lowest BCUT2D eigenvalue weighted by Crippen LogP contribution is -2.09. The van der Waals surface area contributed by atoms with Crippen molar-refractivity contribution in [3.8, 4) is 0 Å². The lowest BCUT2D eigenvalue weighted by Gasteiger charge is -2.05. The van der Waals surface area contributed by atoms with Crippen LogP contribution in [0.5, 0.6) is 0 Å². The molecule has 2 heterocycles. The standard InChI is InChI=1S/C13H16N2O2S/c1-5-17-13(16)10-12(18-4)14-11-9(3)6-8(2)7-15(10)11/h6-7H,5H2,1-4H3. The molecular weight excluding hydrogens is 248 g/mol. The minimum Gasteiger partial charge on any atom is -0.461 e. The number of imidazole rings is 1. The van der Waals surface area contributed by atoms with Crippen LogP contribution in [0, 0.1) is 13.8 Å². The number of thioether (sulfide) groups is 1. The summed E-state index contributed by atoms with van der Waals surface area (Å²) in [6, 6.07) is 2.06. The van der Waals surface area contributed by atoms with Crippen LogP contribution in [0.2, 0.25) is 0 Å². The van der Waals surface area contributed by atoms with Gasteiger partial charge in [-0.1, -0.05) is 6.07 Å². The van der Waals surface area contributed by atoms with Crippen molar-refractivity contribution < 1.29 is 9.53 Å². The maximum atomic E-state index is 12.0. The van der Waals surface area contributed by atoms with Gasteiger partial charge < -0.3 is 4.74 Å². The summed E-state index contributed by atoms with van der Waals surface area (Å²) in [5, 5.41) is 0.710. The second-order valence-electron chi connectivity index (χ2n) is 4.08. The number of pyridine rings is 1. The van der Waals surface area contributed by atoms with Gasteiger partial charge in [0.15, 0.2) is 5.69 Å². The molecule has 0 unspecified atom stereocenters. The third-order valence-electron chi connectivity index (χ3n) is 2.67. The molecule has 0 atom stereocenters. The quantitative estimate of drug-likeness (QED) is 0.631. The van der Waals surface area contributed by atoms with E-state index in [9.17, 15) is 4.79 Å². The Bertz CT molecular complexity index is 605. The van der Waals surface area contributed by atoms with Gasteiger partial charge in [0.2, 0.25) is 0 Å². The molecule has 0 N–H and O–H groups in total. The van der Waals surface area contributed by atoms with Crippen molar-refractivity contribution in [2.45, 2.75) is 25.8 Å². The maximum Gasteiger partial charge on any atom is 0.358 e. The number of rotatable bonds is 3. The Labute approximate surface area is 110 Å². The van der Waals surface area contributed by atoms with Crippen LogP contribution >= 0.6 is 11.8 Å². The molecule has 0 radical (unpaired) electrons. The summed E-state index contributed by atoms with van der Waals surface area (Å²) >= 11 is 1.46. The molecule has 96 valence electrons. The number of esters is 1. The average Bonchev–Trinajstić information content (AvgIpc) is 2.68. The van der Waals surface area contributed by atoms with E-state index in [0.29, 0.717) is 17.3 Å². The van der Waals surface area contributed by atoms with E-state index >= 15 is 0 Å². The molecule has 0 aliphatic heterocycles. The van der Waals surface area contributed by atoms with E-state index in [2.05, 4.69) is 11.1 Å². The third kappa shape index (κ3) is 2.10. The van der Waals surface area contributed by atoms with Crippen LogP contribution in [0.25, 0.3) is 5.65 Å². The lowest BCUT2D eigenvalue weighted by atomic mass is 10.2. The number of aryl methyl sites for hydroxylation is 2. The van der Waals surface area contributed by atoms with Crippen molar-refractivity contribution in [1.82, 2.24) is 9.38 Å². The molecule has 0 aromatic carbocycles. The fourth-order valence-corrected chi connectivity index (χ4v) is 2.54. The molecule has 18 heavy (non-hydrogen) atoms. The van der Waals surface area contributed by atoms with Gasteiger partial charge >= 0.3 is 5.97 Å². The molecule has 0 aliphatic rings. The first-order valence-corrected chi connectivity index (χ1v) is 7.01. The fraction of sp³-hybridized carbons (Fsp3) is 0.385. The monoisotopic (exact) mass is 264 g/mol. The van der Waals surface area contributed by atoms with Gasteiger partial charge in [0.05, 0.1) is 6.61 Å². The van der Waals surface area contributed by atoms with Gasteiger partial charge in [-0.3, -0.25) is 4.40 Å². The van der Waals surface area contributed by atoms with E-state index in [4.69, 9.17) is 4.74 Å². The molecule has 5 heteroatoms. The van der Waals surface area contributed by atoms with Crippen molar-refractivity contribution in [2.24, 2.45) is 0 Å². The van der Waals surface area contributed by atoms with Gasteiger partial charge in [0, 0.05) is 6.20 Å². The first-order valence-electron chi connectivity index (χ1n) is 5.79. The molecule has 0 saturated carbocycles. The predicted octanol–water partition coefficient (Wildman–Crippen LogP) is 2.85. The third-order valence-corrected chi connectivity index (χ3v) is 3.34. The van der Waals surface area contributed by atoms with Gasteiger partial charge in [-0.2, -0.15) is 0 Å². The molecule has 0 fully saturated rings. The molecule has 0 amide bonds. The van der Waals surface area contributed by atoms with Crippen molar-refractivity contribution in [2.75, 3.05) is 12.9 Å². The Morgan fingerprint density at radius 3 is 2.83 bits per heavy atom. The van der Waals surface area contributed by atoms with Gasteiger partial charge in [-0.05, 0) is 38.2 Å². The van der Waals surface area contributed by atoms with E-state index in [0.717, 1.165) is 16.8 Å². The first-order chi connectivity index (χ1) is 8.58. The highest BCUT2D eigenvalue weighted by atomic mass is 32.2. The van der Waals surface area contributed by atoms with Crippen LogP contribution in [0.3, 0.4) is 0 Å². The zero-order valence-electron chi connectivity index (χ0n) is 11.0. The van der Waals surface area contributed by atoms with Gasteiger partial charge in [0.1, 0.15) is 10.7 Å². The van der Waals surface area contributed by atoms with E-state index < -0.39 is 0 Å². The van der Waals surface area contributed by atoms with Crippen LogP contribution < -0.4 is 0 Å². The van der Waals surface area contributed by atoms with Crippen LogP contribution in [-0.4, -0.2) is 28.2 Å². The predicted molar refractivity (Wildman–Crippen MR) is 72.4 cm³/mol. The average molecular weight is 264 g/mol. The van der Waals surface area contributed by atoms with E-state index in [-0.39, 0.29) is 5.97 Å². The smallest absolute Gasteiger partial charge is 0.358 e. The van der Waals surface area contributed by atoms with E-state index in [1.54, 1.807) is 6.92 Å². The molecule has 0 saturated heterocycles. The highest BCUT2D eigenvalue weighted by Crippen LogP contribution is 2.24. The Balaban J connectivity index is 2.72. The van der Waals surface area contributed by atoms with Crippen molar-refractivity contribution >= 4 is 23.4 Å². The summed E-state index contributed by atoms with van der Waals surface area (Å²) in [5.74, 6) is -0.320. The summed E-state index contributed by atoms with van der Waals surface area (Å²) < 4.78 is 6.93. The Hall–Kier alpha value is -1.49. The van der Waals surface area contributed by atoms with Gasteiger partial charge in [0.25, 0.3) is 0 Å². The number of hydrogen-bond acceptors (Lipinski definition) is 4. The maximum absolute atomic E-state index is 12.0. The molecule has 2 aromatic rings. The van der Waals surface area contributed by atoms with Crippen molar-refractivity contribution in [3.63, 3.8) is 0 Å². The van der Waals surface area contributed by atoms with Crippen LogP contribution in [-0.2, 0) is 4.74 Å². The highest BCUT2D eigenvalue weighted by molar-refractivity contribution is 7.98. The normalized spacial score (nSPS) is 10.9. The van der Waals surface area contributed by atoms with E-state index in [1.165, 1.54) is 11.8 Å². The fourth-order valence-electron chi connectivity index (χ4n) is 1.99. The van der Waals surface area contributed by atoms with E-state index in [1.807, 2.05) is 30.7 Å². The van der Waals surface area contributed by atoms with Crippen LogP contribution in [0.1, 0.15) is 28.5 Å². The van der Waals surface area contributed by atoms with Gasteiger partial charge in [-0.15, -0.1) is 11.8 Å². The second kappa shape index (κ2) is 5.02. The number of aromatic nitrogens is 2. The van der Waals surface area contributed by atoms with Crippen LogP contribution in [0.15, 0.2) is 17.3 Å². The molecule has 0 spiro atoms. The zero-order chi connectivity index (χ0) is 13.3. The summed E-state index contributed by atoms with van der Waals surface area (Å²) in [6.45, 7) is 6.16. The summed E-state index contributed by atoms with van der Waals surface area (Å²) in [4.78, 5) is 16.5. The number of hydrogen-bond donors (Lipinski definition) is 0. The Kier molecular flexibility index (Phi) is 3.61. The number of ether oxygens (including phenoxy) is 1. The SMILES string of the molecule is CCOC(=O)c1c(SC)nc2c(C)cc(C)cn12.